The maximum Gasteiger partial charge on any atom is 0.229 e. The van der Waals surface area contributed by atoms with Crippen molar-refractivity contribution < 1.29 is 9.59 Å². The second-order valence-electron chi connectivity index (χ2n) is 6.36. The summed E-state index contributed by atoms with van der Waals surface area (Å²) in [5.41, 5.74) is 3.24. The third-order valence-corrected chi connectivity index (χ3v) is 5.46. The third kappa shape index (κ3) is 4.25. The van der Waals surface area contributed by atoms with Crippen LogP contribution in [0.15, 0.2) is 29.6 Å². The highest BCUT2D eigenvalue weighted by molar-refractivity contribution is 7.14. The molecule has 0 atom stereocenters. The number of rotatable bonds is 4. The molecule has 132 valence electrons. The summed E-state index contributed by atoms with van der Waals surface area (Å²) in [7, 11) is 0. The Morgan fingerprint density at radius 2 is 1.92 bits per heavy atom. The Kier molecular flexibility index (Phi) is 5.48. The number of hydrogen-bond donors (Lipinski definition) is 1. The predicted molar refractivity (Wildman–Crippen MR) is 101 cm³/mol. The number of aromatic nitrogens is 1. The van der Waals surface area contributed by atoms with E-state index in [1.165, 1.54) is 16.9 Å². The molecule has 1 aliphatic rings. The van der Waals surface area contributed by atoms with E-state index in [2.05, 4.69) is 41.5 Å². The Labute approximate surface area is 152 Å². The molecule has 2 aromatic rings. The first kappa shape index (κ1) is 17.6. The van der Waals surface area contributed by atoms with Gasteiger partial charge in [0.15, 0.2) is 5.13 Å². The maximum absolute atomic E-state index is 12.4. The van der Waals surface area contributed by atoms with Crippen molar-refractivity contribution in [2.24, 2.45) is 5.92 Å². The number of carbonyl (C=O) groups excluding carboxylic acids is 2. The lowest BCUT2D eigenvalue weighted by atomic mass is 9.96. The minimum atomic E-state index is -0.0493. The van der Waals surface area contributed by atoms with Crippen LogP contribution in [0.2, 0.25) is 0 Å². The van der Waals surface area contributed by atoms with Crippen molar-refractivity contribution in [3.63, 3.8) is 0 Å². The number of nitrogens with one attached hydrogen (secondary N) is 1. The maximum atomic E-state index is 12.4. The van der Waals surface area contributed by atoms with Crippen LogP contribution in [-0.4, -0.2) is 34.8 Å². The molecule has 0 bridgehead atoms. The molecule has 25 heavy (non-hydrogen) atoms. The molecule has 5 nitrogen and oxygen atoms in total. The van der Waals surface area contributed by atoms with Gasteiger partial charge in [-0.25, -0.2) is 4.98 Å². The Hall–Kier alpha value is -2.21. The Bertz CT molecular complexity index is 746. The van der Waals surface area contributed by atoms with Gasteiger partial charge in [0.25, 0.3) is 0 Å². The summed E-state index contributed by atoms with van der Waals surface area (Å²) in [6.45, 7) is 5.01. The summed E-state index contributed by atoms with van der Waals surface area (Å²) in [4.78, 5) is 30.1. The van der Waals surface area contributed by atoms with E-state index in [4.69, 9.17) is 0 Å². The minimum Gasteiger partial charge on any atom is -0.343 e. The van der Waals surface area contributed by atoms with E-state index < -0.39 is 0 Å². The van der Waals surface area contributed by atoms with Crippen LogP contribution in [-0.2, 0) is 16.0 Å². The summed E-state index contributed by atoms with van der Waals surface area (Å²) in [6.07, 6.45) is 2.44. The van der Waals surface area contributed by atoms with Crippen molar-refractivity contribution >= 4 is 28.3 Å². The Morgan fingerprint density at radius 3 is 2.52 bits per heavy atom. The number of amides is 2. The number of aryl methyl sites for hydroxylation is 1. The summed E-state index contributed by atoms with van der Waals surface area (Å²) in [5, 5.41) is 5.53. The first-order valence-electron chi connectivity index (χ1n) is 8.68. The van der Waals surface area contributed by atoms with Gasteiger partial charge in [0.05, 0.1) is 5.69 Å². The van der Waals surface area contributed by atoms with Crippen molar-refractivity contribution in [2.75, 3.05) is 18.4 Å². The zero-order valence-electron chi connectivity index (χ0n) is 14.6. The quantitative estimate of drug-likeness (QED) is 0.910. The van der Waals surface area contributed by atoms with E-state index in [-0.39, 0.29) is 17.7 Å². The van der Waals surface area contributed by atoms with Gasteiger partial charge in [-0.2, -0.15) is 0 Å². The fourth-order valence-electron chi connectivity index (χ4n) is 3.04. The molecule has 1 aromatic carbocycles. The molecular formula is C19H23N3O2S. The largest absolute Gasteiger partial charge is 0.343 e. The van der Waals surface area contributed by atoms with Crippen molar-refractivity contribution in [3.8, 4) is 11.3 Å². The van der Waals surface area contributed by atoms with Gasteiger partial charge in [0.2, 0.25) is 11.8 Å². The fourth-order valence-corrected chi connectivity index (χ4v) is 3.76. The van der Waals surface area contributed by atoms with Gasteiger partial charge in [0.1, 0.15) is 0 Å². The molecule has 0 spiro atoms. The van der Waals surface area contributed by atoms with Gasteiger partial charge in [-0.3, -0.25) is 9.59 Å². The molecule has 1 saturated heterocycles. The van der Waals surface area contributed by atoms with Crippen LogP contribution in [0.5, 0.6) is 0 Å². The van der Waals surface area contributed by atoms with Gasteiger partial charge >= 0.3 is 0 Å². The highest BCUT2D eigenvalue weighted by Crippen LogP contribution is 2.26. The Morgan fingerprint density at radius 1 is 1.24 bits per heavy atom. The standard InChI is InChI=1S/C19H23N3O2S/c1-3-14-4-6-15(7-5-14)17-12-25-19(20-17)21-18(24)16-8-10-22(11-9-16)13(2)23/h4-7,12,16H,3,8-11H2,1-2H3,(H,20,21,24). The molecule has 1 fully saturated rings. The second kappa shape index (κ2) is 7.78. The highest BCUT2D eigenvalue weighted by atomic mass is 32.1. The van der Waals surface area contributed by atoms with Crippen LogP contribution in [0.3, 0.4) is 0 Å². The van der Waals surface area contributed by atoms with E-state index in [0.717, 1.165) is 17.7 Å². The van der Waals surface area contributed by atoms with Gasteiger partial charge in [0, 0.05) is 36.9 Å². The monoisotopic (exact) mass is 357 g/mol. The van der Waals surface area contributed by atoms with Gasteiger partial charge in [-0.1, -0.05) is 31.2 Å². The van der Waals surface area contributed by atoms with Crippen LogP contribution >= 0.6 is 11.3 Å². The molecule has 0 unspecified atom stereocenters. The number of thiazole rings is 1. The molecule has 0 radical (unpaired) electrons. The Balaban J connectivity index is 1.59. The third-order valence-electron chi connectivity index (χ3n) is 4.70. The van der Waals surface area contributed by atoms with Crippen molar-refractivity contribution in [1.82, 2.24) is 9.88 Å². The number of carbonyl (C=O) groups is 2. The number of hydrogen-bond acceptors (Lipinski definition) is 4. The SMILES string of the molecule is CCc1ccc(-c2csc(NC(=O)C3CCN(C(C)=O)CC3)n2)cc1. The number of likely N-dealkylation sites (tertiary alicyclic amines) is 1. The fraction of sp³-hybridized carbons (Fsp3) is 0.421. The lowest BCUT2D eigenvalue weighted by Crippen LogP contribution is -2.40. The van der Waals surface area contributed by atoms with Crippen molar-refractivity contribution in [2.45, 2.75) is 33.1 Å². The molecule has 1 N–H and O–H groups in total. The smallest absolute Gasteiger partial charge is 0.229 e. The van der Waals surface area contributed by atoms with Gasteiger partial charge in [-0.05, 0) is 24.8 Å². The molecule has 1 aromatic heterocycles. The number of nitrogens with zero attached hydrogens (tertiary/aromatic N) is 2. The molecule has 1 aliphatic heterocycles. The highest BCUT2D eigenvalue weighted by Gasteiger charge is 2.26. The molecule has 0 aliphatic carbocycles. The van der Waals surface area contributed by atoms with Crippen molar-refractivity contribution in [1.29, 1.82) is 0 Å². The van der Waals surface area contributed by atoms with Gasteiger partial charge in [-0.15, -0.1) is 11.3 Å². The molecule has 6 heteroatoms. The average molecular weight is 357 g/mol. The summed E-state index contributed by atoms with van der Waals surface area (Å²) >= 11 is 1.44. The molecular weight excluding hydrogens is 334 g/mol. The van der Waals surface area contributed by atoms with Crippen LogP contribution in [0.25, 0.3) is 11.3 Å². The number of benzene rings is 1. The topological polar surface area (TPSA) is 62.3 Å². The molecule has 3 rings (SSSR count). The second-order valence-corrected chi connectivity index (χ2v) is 7.22. The lowest BCUT2D eigenvalue weighted by Gasteiger charge is -2.30. The zero-order chi connectivity index (χ0) is 17.8. The predicted octanol–water partition coefficient (Wildman–Crippen LogP) is 3.57. The molecule has 2 amide bonds. The van der Waals surface area contributed by atoms with Crippen LogP contribution in [0, 0.1) is 5.92 Å². The van der Waals surface area contributed by atoms with E-state index >= 15 is 0 Å². The van der Waals surface area contributed by atoms with Crippen LogP contribution in [0.4, 0.5) is 5.13 Å². The number of piperidine rings is 1. The van der Waals surface area contributed by atoms with Crippen molar-refractivity contribution in [3.05, 3.63) is 35.2 Å². The zero-order valence-corrected chi connectivity index (χ0v) is 15.4. The minimum absolute atomic E-state index is 0.00503. The molecule has 0 saturated carbocycles. The lowest BCUT2D eigenvalue weighted by molar-refractivity contribution is -0.132. The average Bonchev–Trinajstić information content (AvgIpc) is 3.10. The first-order chi connectivity index (χ1) is 12.1. The number of anilines is 1. The normalized spacial score (nSPS) is 15.2. The summed E-state index contributed by atoms with van der Waals surface area (Å²) in [6, 6.07) is 8.35. The van der Waals surface area contributed by atoms with E-state index in [0.29, 0.717) is 31.1 Å². The van der Waals surface area contributed by atoms with Crippen LogP contribution < -0.4 is 5.32 Å². The summed E-state index contributed by atoms with van der Waals surface area (Å²) in [5.74, 6) is 0.0368. The van der Waals surface area contributed by atoms with Gasteiger partial charge < -0.3 is 10.2 Å². The van der Waals surface area contributed by atoms with Crippen LogP contribution in [0.1, 0.15) is 32.3 Å². The first-order valence-corrected chi connectivity index (χ1v) is 9.56. The molecule has 2 heterocycles. The van der Waals surface area contributed by atoms with E-state index in [1.807, 2.05) is 5.38 Å². The summed E-state index contributed by atoms with van der Waals surface area (Å²) < 4.78 is 0. The van der Waals surface area contributed by atoms with E-state index in [9.17, 15) is 9.59 Å². The van der Waals surface area contributed by atoms with E-state index in [1.54, 1.807) is 11.8 Å².